The van der Waals surface area contributed by atoms with E-state index in [0.717, 1.165) is 36.0 Å². The number of rotatable bonds is 7. The second kappa shape index (κ2) is 8.53. The van der Waals surface area contributed by atoms with Crippen LogP contribution in [0.15, 0.2) is 46.4 Å². The van der Waals surface area contributed by atoms with Crippen LogP contribution in [-0.4, -0.2) is 47.6 Å². The van der Waals surface area contributed by atoms with Crippen LogP contribution < -0.4 is 10.1 Å². The van der Waals surface area contributed by atoms with Crippen molar-refractivity contribution in [3.8, 4) is 5.75 Å². The first kappa shape index (κ1) is 20.0. The molecule has 0 bridgehead atoms. The van der Waals surface area contributed by atoms with Crippen LogP contribution >= 0.6 is 11.8 Å². The summed E-state index contributed by atoms with van der Waals surface area (Å²) in [4.78, 5) is 39.9. The van der Waals surface area contributed by atoms with Crippen LogP contribution in [-0.2, 0) is 9.59 Å². The molecule has 28 heavy (non-hydrogen) atoms. The molecule has 146 valence electrons. The number of carbonyl (C=O) groups is 3. The summed E-state index contributed by atoms with van der Waals surface area (Å²) in [5.74, 6) is 1.15. The fourth-order valence-corrected chi connectivity index (χ4v) is 3.64. The van der Waals surface area contributed by atoms with Gasteiger partial charge in [-0.2, -0.15) is 0 Å². The van der Waals surface area contributed by atoms with Crippen LogP contribution in [0.1, 0.15) is 25.3 Å². The summed E-state index contributed by atoms with van der Waals surface area (Å²) >= 11 is 0.886. The minimum Gasteiger partial charge on any atom is -0.488 e. The molecule has 7 nitrogen and oxygen atoms in total. The largest absolute Gasteiger partial charge is 0.488 e. The Balaban J connectivity index is 1.59. The Kier molecular flexibility index (Phi) is 6.11. The number of hydrogen-bond donors (Lipinski definition) is 1. The van der Waals surface area contributed by atoms with Crippen molar-refractivity contribution in [1.82, 2.24) is 5.32 Å². The van der Waals surface area contributed by atoms with Gasteiger partial charge in [-0.25, -0.2) is 14.3 Å². The van der Waals surface area contributed by atoms with Gasteiger partial charge in [-0.15, -0.1) is 0 Å². The number of quaternary nitrogens is 1. The molecule has 2 heterocycles. The number of amides is 3. The fourth-order valence-electron chi connectivity index (χ4n) is 2.96. The van der Waals surface area contributed by atoms with Crippen LogP contribution in [0.4, 0.5) is 4.79 Å². The number of ether oxygens (including phenoxy) is 1. The van der Waals surface area contributed by atoms with Crippen LogP contribution in [0.25, 0.3) is 6.08 Å². The SMILES string of the molecule is CCCC1=NC=CC(=O)[N+]1(C)CCOc1ccc(C=C2SC(=O)NC2=O)cc1. The van der Waals surface area contributed by atoms with Gasteiger partial charge in [0.15, 0.2) is 0 Å². The molecule has 0 aliphatic carbocycles. The number of nitrogens with one attached hydrogen (secondary N) is 1. The zero-order chi connectivity index (χ0) is 20.1. The van der Waals surface area contributed by atoms with Gasteiger partial charge in [-0.3, -0.25) is 14.9 Å². The molecule has 1 aromatic rings. The summed E-state index contributed by atoms with van der Waals surface area (Å²) in [6.45, 7) is 2.92. The number of benzene rings is 1. The average molecular weight is 400 g/mol. The third-order valence-electron chi connectivity index (χ3n) is 4.60. The normalized spacial score (nSPS) is 23.1. The Morgan fingerprint density at radius 2 is 1.96 bits per heavy atom. The van der Waals surface area contributed by atoms with E-state index < -0.39 is 0 Å². The third kappa shape index (κ3) is 4.40. The molecule has 1 unspecified atom stereocenters. The van der Waals surface area contributed by atoms with Gasteiger partial charge < -0.3 is 4.74 Å². The molecule has 0 radical (unpaired) electrons. The number of thioether (sulfide) groups is 1. The van der Waals surface area contributed by atoms with Crippen LogP contribution in [0.2, 0.25) is 0 Å². The second-order valence-electron chi connectivity index (χ2n) is 6.63. The Bertz CT molecular complexity index is 889. The second-order valence-corrected chi connectivity index (χ2v) is 7.65. The van der Waals surface area contributed by atoms with E-state index in [1.165, 1.54) is 6.08 Å². The van der Waals surface area contributed by atoms with E-state index in [0.29, 0.717) is 23.8 Å². The maximum atomic E-state index is 12.4. The number of hydrogen-bond acceptors (Lipinski definition) is 6. The van der Waals surface area contributed by atoms with Gasteiger partial charge >= 0.3 is 5.91 Å². The van der Waals surface area contributed by atoms with Crippen LogP contribution in [0.5, 0.6) is 5.75 Å². The average Bonchev–Trinajstić information content (AvgIpc) is 2.98. The lowest BCUT2D eigenvalue weighted by molar-refractivity contribution is -0.741. The van der Waals surface area contributed by atoms with Gasteiger partial charge in [-0.1, -0.05) is 19.1 Å². The molecular formula is C20H22N3O4S+. The summed E-state index contributed by atoms with van der Waals surface area (Å²) in [5.41, 5.74) is 0.799. The van der Waals surface area contributed by atoms with Crippen molar-refractivity contribution in [2.75, 3.05) is 20.2 Å². The summed E-state index contributed by atoms with van der Waals surface area (Å²) in [6.07, 6.45) is 6.42. The number of amidine groups is 1. The quantitative estimate of drug-likeness (QED) is 0.562. The number of likely N-dealkylation sites (N-methyl/N-ethyl adjacent to an activating group) is 1. The van der Waals surface area contributed by atoms with Crippen molar-refractivity contribution in [2.45, 2.75) is 19.8 Å². The maximum absolute atomic E-state index is 12.4. The smallest absolute Gasteiger partial charge is 0.346 e. The topological polar surface area (TPSA) is 84.8 Å². The van der Waals surface area contributed by atoms with Crippen LogP contribution in [0.3, 0.4) is 0 Å². The van der Waals surface area contributed by atoms with Crippen molar-refractivity contribution < 1.29 is 23.6 Å². The molecule has 3 rings (SSSR count). The Labute approximate surface area is 167 Å². The lowest BCUT2D eigenvalue weighted by Gasteiger charge is -2.32. The summed E-state index contributed by atoms with van der Waals surface area (Å²) in [7, 11) is 1.87. The number of carbonyl (C=O) groups excluding carboxylic acids is 3. The lowest BCUT2D eigenvalue weighted by atomic mass is 10.2. The predicted octanol–water partition coefficient (Wildman–Crippen LogP) is 3.09. The lowest BCUT2D eigenvalue weighted by Crippen LogP contribution is -2.56. The molecule has 3 amide bonds. The molecule has 2 aliphatic rings. The first-order valence-electron chi connectivity index (χ1n) is 9.04. The van der Waals surface area contributed by atoms with Crippen LogP contribution in [0, 0.1) is 0 Å². The molecule has 1 N–H and O–H groups in total. The van der Waals surface area contributed by atoms with Crippen molar-refractivity contribution in [3.05, 3.63) is 47.0 Å². The van der Waals surface area contributed by atoms with E-state index in [9.17, 15) is 14.4 Å². The molecule has 1 atom stereocenters. The summed E-state index contributed by atoms with van der Waals surface area (Å²) in [5, 5.41) is 1.87. The molecule has 1 aromatic carbocycles. The van der Waals surface area contributed by atoms with Gasteiger partial charge in [0.2, 0.25) is 5.84 Å². The van der Waals surface area contributed by atoms with Gasteiger partial charge in [0.25, 0.3) is 11.1 Å². The molecule has 0 saturated carbocycles. The summed E-state index contributed by atoms with van der Waals surface area (Å²) in [6, 6.07) is 7.22. The fraction of sp³-hybridized carbons (Fsp3) is 0.300. The van der Waals surface area contributed by atoms with Crippen molar-refractivity contribution in [3.63, 3.8) is 0 Å². The predicted molar refractivity (Wildman–Crippen MR) is 109 cm³/mol. The highest BCUT2D eigenvalue weighted by Gasteiger charge is 2.37. The highest BCUT2D eigenvalue weighted by molar-refractivity contribution is 8.18. The van der Waals surface area contributed by atoms with Gasteiger partial charge in [0.1, 0.15) is 18.9 Å². The molecule has 1 fully saturated rings. The van der Waals surface area contributed by atoms with Gasteiger partial charge in [0, 0.05) is 12.6 Å². The molecule has 1 saturated heterocycles. The Hall–Kier alpha value is -2.71. The third-order valence-corrected chi connectivity index (χ3v) is 5.41. The van der Waals surface area contributed by atoms with E-state index in [1.807, 2.05) is 19.2 Å². The van der Waals surface area contributed by atoms with Gasteiger partial charge in [0.05, 0.1) is 18.0 Å². The first-order valence-corrected chi connectivity index (χ1v) is 9.85. The van der Waals surface area contributed by atoms with Crippen molar-refractivity contribution in [2.24, 2.45) is 4.99 Å². The highest BCUT2D eigenvalue weighted by Crippen LogP contribution is 2.26. The first-order chi connectivity index (χ1) is 13.4. The van der Waals surface area contributed by atoms with E-state index in [4.69, 9.17) is 4.74 Å². The molecule has 0 spiro atoms. The number of imide groups is 1. The van der Waals surface area contributed by atoms with E-state index in [1.54, 1.807) is 24.4 Å². The van der Waals surface area contributed by atoms with Crippen molar-refractivity contribution >= 4 is 40.7 Å². The maximum Gasteiger partial charge on any atom is 0.346 e. The van der Waals surface area contributed by atoms with E-state index in [2.05, 4.69) is 17.2 Å². The monoisotopic (exact) mass is 400 g/mol. The molecular weight excluding hydrogens is 378 g/mol. The molecule has 2 aliphatic heterocycles. The minimum atomic E-state index is -0.378. The number of aliphatic imine (C=N–C) groups is 1. The van der Waals surface area contributed by atoms with Crippen molar-refractivity contribution in [1.29, 1.82) is 0 Å². The molecule has 8 heteroatoms. The zero-order valence-corrected chi connectivity index (χ0v) is 16.6. The highest BCUT2D eigenvalue weighted by atomic mass is 32.2. The van der Waals surface area contributed by atoms with E-state index >= 15 is 0 Å². The molecule has 0 aromatic heterocycles. The van der Waals surface area contributed by atoms with E-state index in [-0.39, 0.29) is 21.5 Å². The Morgan fingerprint density at radius 1 is 1.21 bits per heavy atom. The Morgan fingerprint density at radius 3 is 2.61 bits per heavy atom. The standard InChI is InChI=1S/C20H21N3O4S/c1-3-4-17-21-10-9-18(24)23(17,2)11-12-27-15-7-5-14(6-8-15)13-16-19(25)22-20(26)28-16/h5-10,13H,3-4,11-12H2,1-2H3/p+1. The summed E-state index contributed by atoms with van der Waals surface area (Å²) < 4.78 is 5.94. The zero-order valence-electron chi connectivity index (χ0n) is 15.8. The van der Waals surface area contributed by atoms with Gasteiger partial charge in [-0.05, 0) is 42.0 Å². The minimum absolute atomic E-state index is 0.00547. The number of nitrogens with zero attached hydrogens (tertiary/aromatic N) is 2.